The number of rotatable bonds is 5. The van der Waals surface area contributed by atoms with E-state index >= 15 is 0 Å². The Morgan fingerprint density at radius 1 is 1.14 bits per heavy atom. The number of ether oxygens (including phenoxy) is 1. The zero-order chi connectivity index (χ0) is 21.1. The molecule has 28 heavy (non-hydrogen) atoms. The van der Waals surface area contributed by atoms with Crippen molar-refractivity contribution >= 4 is 28.3 Å². The van der Waals surface area contributed by atoms with Crippen molar-refractivity contribution in [3.05, 3.63) is 53.2 Å². The maximum Gasteiger partial charge on any atom is 0.193 e. The van der Waals surface area contributed by atoms with Gasteiger partial charge in [0.25, 0.3) is 0 Å². The third-order valence-corrected chi connectivity index (χ3v) is 5.79. The molecule has 0 bridgehead atoms. The summed E-state index contributed by atoms with van der Waals surface area (Å²) in [7, 11) is -1.16. The van der Waals surface area contributed by atoms with E-state index in [0.29, 0.717) is 11.6 Å². The van der Waals surface area contributed by atoms with Gasteiger partial charge in [0.2, 0.25) is 0 Å². The highest BCUT2D eigenvalue weighted by molar-refractivity contribution is 7.84. The van der Waals surface area contributed by atoms with Gasteiger partial charge >= 0.3 is 0 Å². The van der Waals surface area contributed by atoms with Gasteiger partial charge in [-0.2, -0.15) is 0 Å². The van der Waals surface area contributed by atoms with E-state index in [9.17, 15) is 4.21 Å². The molecule has 0 saturated carbocycles. The molecule has 0 aliphatic carbocycles. The Balaban J connectivity index is 2.46. The van der Waals surface area contributed by atoms with Crippen molar-refractivity contribution in [3.8, 4) is 11.3 Å². The Kier molecular flexibility index (Phi) is 7.12. The van der Waals surface area contributed by atoms with E-state index in [1.165, 1.54) is 0 Å². The molecule has 0 fully saturated rings. The van der Waals surface area contributed by atoms with Crippen molar-refractivity contribution in [2.45, 2.75) is 65.4 Å². The van der Waals surface area contributed by atoms with Crippen LogP contribution in [0, 0.1) is 6.92 Å². The second-order valence-corrected chi connectivity index (χ2v) is 11.1. The van der Waals surface area contributed by atoms with Crippen LogP contribution in [-0.4, -0.2) is 24.6 Å². The van der Waals surface area contributed by atoms with Gasteiger partial charge in [-0.15, -0.1) is 0 Å². The lowest BCUT2D eigenvalue weighted by Gasteiger charge is -2.23. The minimum atomic E-state index is -1.16. The van der Waals surface area contributed by atoms with Crippen LogP contribution in [0.5, 0.6) is 0 Å². The quantitative estimate of drug-likeness (QED) is 0.687. The summed E-state index contributed by atoms with van der Waals surface area (Å²) in [6, 6.07) is 9.88. The van der Waals surface area contributed by atoms with Crippen LogP contribution >= 0.6 is 12.2 Å². The number of aryl methyl sites for hydroxylation is 1. The number of pyridine rings is 1. The van der Waals surface area contributed by atoms with E-state index in [0.717, 1.165) is 27.9 Å². The zero-order valence-electron chi connectivity index (χ0n) is 17.8. The highest BCUT2D eigenvalue weighted by Gasteiger charge is 2.22. The molecule has 2 aromatic rings. The first-order valence-corrected chi connectivity index (χ1v) is 10.9. The number of hydrogen-bond donors (Lipinski definition) is 1. The van der Waals surface area contributed by atoms with Crippen LogP contribution in [0.1, 0.15) is 58.2 Å². The van der Waals surface area contributed by atoms with Crippen molar-refractivity contribution in [1.82, 2.24) is 9.71 Å². The van der Waals surface area contributed by atoms with Gasteiger partial charge in [-0.3, -0.25) is 4.98 Å². The van der Waals surface area contributed by atoms with Crippen LogP contribution in [0.15, 0.2) is 36.5 Å². The molecular formula is C22H30N2O2S2. The highest BCUT2D eigenvalue weighted by Crippen LogP contribution is 2.30. The van der Waals surface area contributed by atoms with Gasteiger partial charge in [0.15, 0.2) is 5.05 Å². The summed E-state index contributed by atoms with van der Waals surface area (Å²) in [4.78, 5) is 4.63. The van der Waals surface area contributed by atoms with Crippen LogP contribution in [0.4, 0.5) is 0 Å². The number of hydrogen-bond acceptors (Lipinski definition) is 4. The van der Waals surface area contributed by atoms with E-state index in [1.807, 2.05) is 78.8 Å². The molecule has 1 N–H and O–H groups in total. The molecule has 0 aliphatic rings. The molecule has 1 aromatic carbocycles. The van der Waals surface area contributed by atoms with Crippen molar-refractivity contribution in [3.63, 3.8) is 0 Å². The number of benzene rings is 1. The second kappa shape index (κ2) is 8.80. The Hall–Kier alpha value is -1.63. The molecule has 0 saturated heterocycles. The van der Waals surface area contributed by atoms with Crippen molar-refractivity contribution in [2.75, 3.05) is 0 Å². The summed E-state index contributed by atoms with van der Waals surface area (Å²) >= 11 is 5.57. The van der Waals surface area contributed by atoms with E-state index in [4.69, 9.17) is 17.0 Å². The molecule has 1 unspecified atom stereocenters. The third-order valence-electron chi connectivity index (χ3n) is 3.97. The van der Waals surface area contributed by atoms with Crippen molar-refractivity contribution < 1.29 is 8.95 Å². The largest absolute Gasteiger partial charge is 0.477 e. The first-order chi connectivity index (χ1) is 12.9. The maximum absolute atomic E-state index is 12.4. The predicted octanol–water partition coefficient (Wildman–Crippen LogP) is 5.10. The topological polar surface area (TPSA) is 51.2 Å². The van der Waals surface area contributed by atoms with Crippen LogP contribution in [0.3, 0.4) is 0 Å². The lowest BCUT2D eigenvalue weighted by molar-refractivity contribution is 0.123. The fourth-order valence-electron chi connectivity index (χ4n) is 2.68. The summed E-state index contributed by atoms with van der Waals surface area (Å²) in [5.41, 5.74) is 4.30. The summed E-state index contributed by atoms with van der Waals surface area (Å²) in [6.45, 7) is 14.3. The predicted molar refractivity (Wildman–Crippen MR) is 122 cm³/mol. The average molecular weight is 419 g/mol. The minimum absolute atomic E-state index is 0.331. The number of nitrogens with one attached hydrogen (secondary N) is 1. The smallest absolute Gasteiger partial charge is 0.193 e. The Morgan fingerprint density at radius 2 is 1.82 bits per heavy atom. The van der Waals surface area contributed by atoms with Gasteiger partial charge < -0.3 is 4.74 Å². The first kappa shape index (κ1) is 22.7. The first-order valence-electron chi connectivity index (χ1n) is 9.33. The molecule has 2 rings (SSSR count). The van der Waals surface area contributed by atoms with E-state index in [2.05, 4.69) is 9.71 Å². The Labute approximate surface area is 176 Å². The van der Waals surface area contributed by atoms with Crippen LogP contribution in [0.2, 0.25) is 0 Å². The Morgan fingerprint density at radius 3 is 2.43 bits per heavy atom. The van der Waals surface area contributed by atoms with Crippen LogP contribution in [0.25, 0.3) is 11.3 Å². The zero-order valence-corrected chi connectivity index (χ0v) is 19.4. The molecule has 0 spiro atoms. The van der Waals surface area contributed by atoms with Gasteiger partial charge in [0.1, 0.15) is 5.60 Å². The normalized spacial score (nSPS) is 13.2. The van der Waals surface area contributed by atoms with Crippen molar-refractivity contribution in [2.24, 2.45) is 0 Å². The molecule has 1 atom stereocenters. The second-order valence-electron chi connectivity index (χ2n) is 8.71. The average Bonchev–Trinajstić information content (AvgIpc) is 2.57. The Bertz CT molecular complexity index is 881. The van der Waals surface area contributed by atoms with Gasteiger partial charge in [-0.05, 0) is 83.9 Å². The van der Waals surface area contributed by atoms with Crippen LogP contribution in [-0.2, 0) is 22.3 Å². The van der Waals surface area contributed by atoms with Gasteiger partial charge in [-0.25, -0.2) is 8.93 Å². The molecule has 6 heteroatoms. The number of aromatic nitrogens is 1. The molecule has 1 aromatic heterocycles. The van der Waals surface area contributed by atoms with Gasteiger partial charge in [-0.1, -0.05) is 18.2 Å². The van der Waals surface area contributed by atoms with E-state index in [1.54, 1.807) is 6.20 Å². The fraction of sp³-hybridized carbons (Fsp3) is 0.455. The number of nitrogens with zero attached hydrogens (tertiary/aromatic N) is 1. The molecule has 0 radical (unpaired) electrons. The third kappa shape index (κ3) is 5.93. The molecule has 0 amide bonds. The standard InChI is InChI=1S/C22H30N2O2S2/c1-15-10-8-11-16(14-24-28(25)22(5,6)7)18(15)19-17(12-9-13-23-19)20(27)26-21(2,3)4/h8-13,24H,14H2,1-7H3. The van der Waals surface area contributed by atoms with E-state index < -0.39 is 11.0 Å². The monoisotopic (exact) mass is 418 g/mol. The maximum atomic E-state index is 12.4. The van der Waals surface area contributed by atoms with E-state index in [-0.39, 0.29) is 10.3 Å². The molecular weight excluding hydrogens is 388 g/mol. The summed E-state index contributed by atoms with van der Waals surface area (Å²) in [5, 5.41) is 0.427. The summed E-state index contributed by atoms with van der Waals surface area (Å²) < 4.78 is 21.2. The summed E-state index contributed by atoms with van der Waals surface area (Å²) in [6.07, 6.45) is 1.76. The van der Waals surface area contributed by atoms with Gasteiger partial charge in [0.05, 0.1) is 27.0 Å². The molecule has 1 heterocycles. The lowest BCUT2D eigenvalue weighted by Crippen LogP contribution is -2.33. The molecule has 0 aliphatic heterocycles. The van der Waals surface area contributed by atoms with Crippen molar-refractivity contribution in [1.29, 1.82) is 0 Å². The van der Waals surface area contributed by atoms with Gasteiger partial charge in [0, 0.05) is 18.3 Å². The lowest BCUT2D eigenvalue weighted by atomic mass is 9.96. The number of thiocarbonyl (C=S) groups is 1. The molecule has 4 nitrogen and oxygen atoms in total. The molecule has 152 valence electrons. The fourth-order valence-corrected chi connectivity index (χ4v) is 3.81. The SMILES string of the molecule is Cc1cccc(CNS(=O)C(C)(C)C)c1-c1ncccc1C(=S)OC(C)(C)C. The minimum Gasteiger partial charge on any atom is -0.477 e. The summed E-state index contributed by atoms with van der Waals surface area (Å²) in [5.74, 6) is 0. The highest BCUT2D eigenvalue weighted by atomic mass is 32.2. The van der Waals surface area contributed by atoms with Crippen LogP contribution < -0.4 is 4.72 Å².